The third kappa shape index (κ3) is 3.23. The van der Waals surface area contributed by atoms with Gasteiger partial charge in [0.05, 0.1) is 4.58 Å². The van der Waals surface area contributed by atoms with Gasteiger partial charge in [-0.3, -0.25) is 10.1 Å². The van der Waals surface area contributed by atoms with E-state index >= 15 is 0 Å². The van der Waals surface area contributed by atoms with Crippen molar-refractivity contribution in [2.75, 3.05) is 18.1 Å². The fraction of sp³-hybridized carbons (Fsp3) is 1.00. The van der Waals surface area contributed by atoms with E-state index in [1.165, 1.54) is 17.9 Å². The molecule has 0 amide bonds. The van der Waals surface area contributed by atoms with Crippen LogP contribution < -0.4 is 0 Å². The lowest BCUT2D eigenvalue weighted by molar-refractivity contribution is -0.486. The van der Waals surface area contributed by atoms with E-state index in [0.717, 1.165) is 0 Å². The SMILES string of the molecule is CC(C[N+](=O)[O-])C1SCCCS1. The molecule has 1 rings (SSSR count). The van der Waals surface area contributed by atoms with Crippen LogP contribution in [0.1, 0.15) is 13.3 Å². The smallest absolute Gasteiger partial charge is 0.208 e. The Morgan fingerprint density at radius 1 is 1.58 bits per heavy atom. The fourth-order valence-electron chi connectivity index (χ4n) is 1.16. The summed E-state index contributed by atoms with van der Waals surface area (Å²) in [6.45, 7) is 2.09. The van der Waals surface area contributed by atoms with Crippen LogP contribution in [-0.2, 0) is 0 Å². The average Bonchev–Trinajstić information content (AvgIpc) is 2.05. The number of hydrogen-bond donors (Lipinski definition) is 0. The minimum atomic E-state index is -0.208. The third-order valence-corrected chi connectivity index (χ3v) is 5.21. The highest BCUT2D eigenvalue weighted by molar-refractivity contribution is 8.17. The average molecular weight is 207 g/mol. The highest BCUT2D eigenvalue weighted by Crippen LogP contribution is 2.35. The predicted octanol–water partition coefficient (Wildman–Crippen LogP) is 2.10. The summed E-state index contributed by atoms with van der Waals surface area (Å²) in [4.78, 5) is 10.0. The molecule has 0 radical (unpaired) electrons. The Kier molecular flexibility index (Phi) is 4.21. The largest absolute Gasteiger partial charge is 0.265 e. The van der Waals surface area contributed by atoms with Gasteiger partial charge in [-0.2, -0.15) is 0 Å². The second-order valence-corrected chi connectivity index (χ2v) is 5.75. The summed E-state index contributed by atoms with van der Waals surface area (Å²) in [5.74, 6) is 2.54. The zero-order valence-corrected chi connectivity index (χ0v) is 8.70. The van der Waals surface area contributed by atoms with Crippen molar-refractivity contribution < 1.29 is 4.92 Å². The molecule has 0 spiro atoms. The van der Waals surface area contributed by atoms with Gasteiger partial charge >= 0.3 is 0 Å². The molecule has 5 heteroatoms. The number of hydrogen-bond acceptors (Lipinski definition) is 4. The van der Waals surface area contributed by atoms with Gasteiger partial charge in [-0.05, 0) is 17.9 Å². The highest BCUT2D eigenvalue weighted by Gasteiger charge is 2.24. The van der Waals surface area contributed by atoms with Gasteiger partial charge in [0.25, 0.3) is 0 Å². The molecule has 0 N–H and O–H groups in total. The number of thioether (sulfide) groups is 2. The van der Waals surface area contributed by atoms with Crippen LogP contribution in [0.3, 0.4) is 0 Å². The molecule has 1 fully saturated rings. The quantitative estimate of drug-likeness (QED) is 0.525. The molecule has 1 aliphatic heterocycles. The molecule has 1 saturated heterocycles. The molecule has 0 aromatic heterocycles. The topological polar surface area (TPSA) is 43.1 Å². The van der Waals surface area contributed by atoms with Crippen LogP contribution in [0.4, 0.5) is 0 Å². The molecule has 0 aromatic rings. The van der Waals surface area contributed by atoms with Crippen LogP contribution >= 0.6 is 23.5 Å². The molecule has 1 unspecified atom stereocenters. The maximum Gasteiger partial charge on any atom is 0.208 e. The second kappa shape index (κ2) is 4.97. The summed E-state index contributed by atoms with van der Waals surface area (Å²) in [5, 5.41) is 10.2. The number of nitrogens with zero attached hydrogens (tertiary/aromatic N) is 1. The summed E-state index contributed by atoms with van der Waals surface area (Å²) in [6, 6.07) is 0. The van der Waals surface area contributed by atoms with Crippen molar-refractivity contribution in [3.8, 4) is 0 Å². The van der Waals surface area contributed by atoms with E-state index in [2.05, 4.69) is 0 Å². The molecule has 0 aromatic carbocycles. The minimum absolute atomic E-state index is 0.116. The van der Waals surface area contributed by atoms with E-state index in [-0.39, 0.29) is 17.4 Å². The first kappa shape index (κ1) is 10.2. The Morgan fingerprint density at radius 3 is 2.67 bits per heavy atom. The van der Waals surface area contributed by atoms with Crippen LogP contribution in [0.2, 0.25) is 0 Å². The molecule has 70 valence electrons. The summed E-state index contributed by atoms with van der Waals surface area (Å²) in [6.07, 6.45) is 1.25. The number of nitro groups is 1. The highest BCUT2D eigenvalue weighted by atomic mass is 32.2. The van der Waals surface area contributed by atoms with Crippen molar-refractivity contribution in [1.29, 1.82) is 0 Å². The lowest BCUT2D eigenvalue weighted by atomic mass is 10.2. The van der Waals surface area contributed by atoms with Crippen LogP contribution in [-0.4, -0.2) is 27.6 Å². The van der Waals surface area contributed by atoms with Crippen molar-refractivity contribution in [3.63, 3.8) is 0 Å². The van der Waals surface area contributed by atoms with Crippen LogP contribution in [0.25, 0.3) is 0 Å². The van der Waals surface area contributed by atoms with E-state index < -0.39 is 0 Å². The summed E-state index contributed by atoms with van der Waals surface area (Å²) < 4.78 is 0.448. The van der Waals surface area contributed by atoms with E-state index in [9.17, 15) is 10.1 Å². The molecule has 1 atom stereocenters. The van der Waals surface area contributed by atoms with E-state index in [1.807, 2.05) is 30.4 Å². The number of rotatable bonds is 3. The first-order valence-electron chi connectivity index (χ1n) is 4.05. The van der Waals surface area contributed by atoms with Crippen LogP contribution in [0.5, 0.6) is 0 Å². The fourth-order valence-corrected chi connectivity index (χ4v) is 4.22. The lowest BCUT2D eigenvalue weighted by Crippen LogP contribution is -2.22. The van der Waals surface area contributed by atoms with Crippen molar-refractivity contribution in [2.24, 2.45) is 5.92 Å². The van der Waals surface area contributed by atoms with Crippen molar-refractivity contribution in [2.45, 2.75) is 17.9 Å². The zero-order chi connectivity index (χ0) is 8.97. The van der Waals surface area contributed by atoms with Crippen molar-refractivity contribution in [1.82, 2.24) is 0 Å². The maximum absolute atomic E-state index is 10.2. The molecule has 0 bridgehead atoms. The molecule has 0 aliphatic carbocycles. The Bertz CT molecular complexity index is 159. The molecule has 12 heavy (non-hydrogen) atoms. The van der Waals surface area contributed by atoms with Gasteiger partial charge in [-0.15, -0.1) is 23.5 Å². The Morgan fingerprint density at radius 2 is 2.17 bits per heavy atom. The van der Waals surface area contributed by atoms with E-state index in [0.29, 0.717) is 4.58 Å². The van der Waals surface area contributed by atoms with Crippen molar-refractivity contribution >= 4 is 23.5 Å². The first-order chi connectivity index (χ1) is 5.70. The Balaban J connectivity index is 2.29. The van der Waals surface area contributed by atoms with Gasteiger partial charge in [0.2, 0.25) is 6.54 Å². The van der Waals surface area contributed by atoms with Gasteiger partial charge in [-0.25, -0.2) is 0 Å². The van der Waals surface area contributed by atoms with E-state index in [1.54, 1.807) is 0 Å². The van der Waals surface area contributed by atoms with Gasteiger partial charge in [0, 0.05) is 10.8 Å². The molecule has 1 aliphatic rings. The van der Waals surface area contributed by atoms with Crippen LogP contribution in [0, 0.1) is 16.0 Å². The molecular formula is C7H13NO2S2. The Labute approximate surface area is 80.8 Å². The standard InChI is InChI=1S/C7H13NO2S2/c1-6(5-8(9)10)7-11-3-2-4-12-7/h6-7H,2-5H2,1H3. The normalized spacial score (nSPS) is 22.1. The summed E-state index contributed by atoms with van der Waals surface area (Å²) in [5.41, 5.74) is 0. The van der Waals surface area contributed by atoms with Gasteiger partial charge in [0.15, 0.2) is 0 Å². The van der Waals surface area contributed by atoms with Gasteiger partial charge < -0.3 is 0 Å². The minimum Gasteiger partial charge on any atom is -0.265 e. The molecule has 3 nitrogen and oxygen atoms in total. The predicted molar refractivity (Wildman–Crippen MR) is 54.3 cm³/mol. The lowest BCUT2D eigenvalue weighted by Gasteiger charge is -2.24. The van der Waals surface area contributed by atoms with Crippen molar-refractivity contribution in [3.05, 3.63) is 10.1 Å². The Hall–Kier alpha value is 0.1000. The zero-order valence-electron chi connectivity index (χ0n) is 7.06. The van der Waals surface area contributed by atoms with Crippen LogP contribution in [0.15, 0.2) is 0 Å². The van der Waals surface area contributed by atoms with Gasteiger partial charge in [0.1, 0.15) is 0 Å². The first-order valence-corrected chi connectivity index (χ1v) is 6.15. The summed E-state index contributed by atoms with van der Waals surface area (Å²) in [7, 11) is 0. The third-order valence-electron chi connectivity index (χ3n) is 1.75. The second-order valence-electron chi connectivity index (χ2n) is 2.96. The molecule has 1 heterocycles. The van der Waals surface area contributed by atoms with Gasteiger partial charge in [-0.1, -0.05) is 6.92 Å². The molecular weight excluding hydrogens is 194 g/mol. The molecule has 0 saturated carbocycles. The van der Waals surface area contributed by atoms with E-state index in [4.69, 9.17) is 0 Å². The summed E-state index contributed by atoms with van der Waals surface area (Å²) >= 11 is 3.74. The maximum atomic E-state index is 10.2. The monoisotopic (exact) mass is 207 g/mol.